The molecule has 0 saturated heterocycles. The van der Waals surface area contributed by atoms with Crippen LogP contribution in [-0.2, 0) is 16.3 Å². The molecule has 4 nitrogen and oxygen atoms in total. The van der Waals surface area contributed by atoms with E-state index in [0.29, 0.717) is 11.8 Å². The monoisotopic (exact) mass is 539 g/mol. The summed E-state index contributed by atoms with van der Waals surface area (Å²) in [5, 5.41) is 16.6. The molecule has 9 heteroatoms. The Morgan fingerprint density at radius 2 is 1.97 bits per heavy atom. The van der Waals surface area contributed by atoms with Gasteiger partial charge < -0.3 is 0 Å². The predicted molar refractivity (Wildman–Crippen MR) is 129 cm³/mol. The minimum Gasteiger partial charge on any atom is -0.300 e. The lowest BCUT2D eigenvalue weighted by Crippen LogP contribution is -2.59. The number of nitriles is 1. The van der Waals surface area contributed by atoms with Crippen LogP contribution in [0.25, 0.3) is 10.8 Å². The molecule has 0 aliphatic carbocycles. The smallest absolute Gasteiger partial charge is 0.300 e. The molecule has 0 fully saturated rings. The highest BCUT2D eigenvalue weighted by Gasteiger charge is 2.56. The minimum atomic E-state index is -4.75. The van der Waals surface area contributed by atoms with Crippen LogP contribution in [0.2, 0.25) is 0 Å². The van der Waals surface area contributed by atoms with Crippen LogP contribution >= 0.6 is 15.9 Å². The second-order valence-corrected chi connectivity index (χ2v) is 11.0. The van der Waals surface area contributed by atoms with Crippen molar-refractivity contribution in [2.75, 3.05) is 18.1 Å². The number of alkyl halides is 3. The summed E-state index contributed by atoms with van der Waals surface area (Å²) in [6.45, 7) is 3.98. The third-order valence-corrected chi connectivity index (χ3v) is 7.13. The molecule has 2 N–H and O–H groups in total. The van der Waals surface area contributed by atoms with Crippen LogP contribution in [0.1, 0.15) is 25.8 Å². The van der Waals surface area contributed by atoms with Crippen LogP contribution in [-0.4, -0.2) is 40.5 Å². The zero-order chi connectivity index (χ0) is 24.2. The highest BCUT2D eigenvalue weighted by atomic mass is 79.9. The molecular formula is C24H25BrF3N3OS. The number of nitrogens with one attached hydrogen (secondary N) is 2. The lowest BCUT2D eigenvalue weighted by Gasteiger charge is -2.37. The molecule has 0 radical (unpaired) electrons. The first-order valence-corrected chi connectivity index (χ1v) is 12.8. The van der Waals surface area contributed by atoms with Gasteiger partial charge in [0.1, 0.15) is 6.04 Å². The number of rotatable bonds is 3. The fourth-order valence-corrected chi connectivity index (χ4v) is 5.24. The summed E-state index contributed by atoms with van der Waals surface area (Å²) in [7, 11) is -1.55. The van der Waals surface area contributed by atoms with E-state index in [1.54, 1.807) is 18.2 Å². The quantitative estimate of drug-likeness (QED) is 0.559. The highest BCUT2D eigenvalue weighted by Crippen LogP contribution is 2.40. The molecule has 4 atom stereocenters. The first-order chi connectivity index (χ1) is 15.5. The third-order valence-electron chi connectivity index (χ3n) is 5.47. The van der Waals surface area contributed by atoms with E-state index in [1.165, 1.54) is 12.1 Å². The average molecular weight is 540 g/mol. The van der Waals surface area contributed by atoms with Crippen LogP contribution in [0, 0.1) is 29.1 Å². The molecule has 0 amide bonds. The summed E-state index contributed by atoms with van der Waals surface area (Å²) in [6, 6.07) is 10.7. The summed E-state index contributed by atoms with van der Waals surface area (Å²) in [6.07, 6.45) is -4.31. The first kappa shape index (κ1) is 25.7. The van der Waals surface area contributed by atoms with Crippen molar-refractivity contribution >= 4 is 37.5 Å². The molecule has 1 aliphatic rings. The summed E-state index contributed by atoms with van der Waals surface area (Å²) in [5.41, 5.74) is -2.67. The van der Waals surface area contributed by atoms with E-state index in [-0.39, 0.29) is 29.5 Å². The Bertz CT molecular complexity index is 1140. The van der Waals surface area contributed by atoms with Crippen molar-refractivity contribution in [2.45, 2.75) is 44.1 Å². The summed E-state index contributed by atoms with van der Waals surface area (Å²) >= 11 is 3.39. The average Bonchev–Trinajstić information content (AvgIpc) is 2.76. The second-order valence-electron chi connectivity index (χ2n) is 8.57. The normalized spacial score (nSPS) is 26.8. The van der Waals surface area contributed by atoms with Gasteiger partial charge >= 0.3 is 6.18 Å². The van der Waals surface area contributed by atoms with Gasteiger partial charge in [0, 0.05) is 27.9 Å². The van der Waals surface area contributed by atoms with E-state index in [2.05, 4.69) is 38.4 Å². The SMILES string of the molecule is CC(C)C[C@H]1CN[C@H](C#N)CS(=O)CC#C[C@](c2ccc3cc(Br)ccc3c2)(C(F)(F)F)N1. The van der Waals surface area contributed by atoms with Crippen molar-refractivity contribution in [1.82, 2.24) is 10.6 Å². The van der Waals surface area contributed by atoms with E-state index >= 15 is 0 Å². The fraction of sp³-hybridized carbons (Fsp3) is 0.458. The number of hydrogen-bond donors (Lipinski definition) is 2. The summed E-state index contributed by atoms with van der Waals surface area (Å²) in [4.78, 5) is 0. The van der Waals surface area contributed by atoms with E-state index in [0.717, 1.165) is 9.86 Å². The van der Waals surface area contributed by atoms with Crippen LogP contribution in [0.3, 0.4) is 0 Å². The third kappa shape index (κ3) is 6.16. The molecule has 2 aromatic carbocycles. The molecule has 2 aromatic rings. The molecular weight excluding hydrogens is 515 g/mol. The van der Waals surface area contributed by atoms with Crippen molar-refractivity contribution in [2.24, 2.45) is 5.92 Å². The maximum absolute atomic E-state index is 14.8. The Hall–Kier alpha value is -1.91. The molecule has 33 heavy (non-hydrogen) atoms. The molecule has 1 aliphatic heterocycles. The molecule has 176 valence electrons. The van der Waals surface area contributed by atoms with Gasteiger partial charge in [-0.2, -0.15) is 18.4 Å². The van der Waals surface area contributed by atoms with Gasteiger partial charge in [-0.3, -0.25) is 14.8 Å². The Morgan fingerprint density at radius 3 is 2.64 bits per heavy atom. The maximum Gasteiger partial charge on any atom is 0.422 e. The molecule has 3 rings (SSSR count). The number of fused-ring (bicyclic) bond motifs is 1. The lowest BCUT2D eigenvalue weighted by molar-refractivity contribution is -0.184. The first-order valence-electron chi connectivity index (χ1n) is 10.6. The van der Waals surface area contributed by atoms with Crippen molar-refractivity contribution in [3.63, 3.8) is 0 Å². The van der Waals surface area contributed by atoms with Gasteiger partial charge in [0.25, 0.3) is 0 Å². The van der Waals surface area contributed by atoms with E-state index < -0.39 is 34.6 Å². The number of hydrogen-bond acceptors (Lipinski definition) is 4. The zero-order valence-corrected chi connectivity index (χ0v) is 20.7. The van der Waals surface area contributed by atoms with Crippen LogP contribution < -0.4 is 10.6 Å². The lowest BCUT2D eigenvalue weighted by atomic mass is 9.86. The zero-order valence-electron chi connectivity index (χ0n) is 18.3. The Morgan fingerprint density at radius 1 is 1.27 bits per heavy atom. The Labute approximate surface area is 202 Å². The molecule has 0 aromatic heterocycles. The van der Waals surface area contributed by atoms with E-state index in [1.807, 2.05) is 26.0 Å². The van der Waals surface area contributed by atoms with Gasteiger partial charge in [0.2, 0.25) is 5.54 Å². The molecule has 0 saturated carbocycles. The van der Waals surface area contributed by atoms with E-state index in [4.69, 9.17) is 0 Å². The van der Waals surface area contributed by atoms with Crippen LogP contribution in [0.4, 0.5) is 13.2 Å². The van der Waals surface area contributed by atoms with Crippen molar-refractivity contribution in [3.8, 4) is 17.9 Å². The van der Waals surface area contributed by atoms with Crippen LogP contribution in [0.15, 0.2) is 40.9 Å². The van der Waals surface area contributed by atoms with Gasteiger partial charge in [-0.25, -0.2) is 0 Å². The largest absolute Gasteiger partial charge is 0.422 e. The number of nitrogens with zero attached hydrogens (tertiary/aromatic N) is 1. The number of benzene rings is 2. The van der Waals surface area contributed by atoms with Crippen LogP contribution in [0.5, 0.6) is 0 Å². The fourth-order valence-electron chi connectivity index (χ4n) is 3.95. The van der Waals surface area contributed by atoms with Gasteiger partial charge in [-0.05, 0) is 46.9 Å². The van der Waals surface area contributed by atoms with Gasteiger partial charge in [-0.1, -0.05) is 59.8 Å². The molecule has 1 unspecified atom stereocenters. The van der Waals surface area contributed by atoms with Gasteiger partial charge in [0.05, 0.1) is 17.6 Å². The molecule has 1 heterocycles. The predicted octanol–water partition coefficient (Wildman–Crippen LogP) is 4.61. The number of halogens is 4. The van der Waals surface area contributed by atoms with Gasteiger partial charge in [0.15, 0.2) is 0 Å². The van der Waals surface area contributed by atoms with Crippen molar-refractivity contribution in [1.29, 1.82) is 5.26 Å². The second kappa shape index (κ2) is 10.6. The summed E-state index contributed by atoms with van der Waals surface area (Å²) in [5.74, 6) is 4.84. The van der Waals surface area contributed by atoms with Crippen molar-refractivity contribution < 1.29 is 17.4 Å². The highest BCUT2D eigenvalue weighted by molar-refractivity contribution is 9.10. The standard InChI is InChI=1S/C24H25BrF3N3OS/c1-16(2)10-21-14-30-22(13-29)15-33(32)9-3-8-23(31-21,24(26,27)28)19-6-4-18-12-20(25)7-5-17(18)11-19/h4-7,11-12,16,21-22,30-31H,9-10,14-15H2,1-2H3/t21-,22+,23-,33?/m0/s1. The van der Waals surface area contributed by atoms with E-state index in [9.17, 15) is 22.6 Å². The minimum absolute atomic E-state index is 0.0173. The Kier molecular flexibility index (Phi) is 8.23. The molecule has 0 bridgehead atoms. The summed E-state index contributed by atoms with van der Waals surface area (Å²) < 4.78 is 57.7. The van der Waals surface area contributed by atoms with Gasteiger partial charge in [-0.15, -0.1) is 0 Å². The van der Waals surface area contributed by atoms with Crippen molar-refractivity contribution in [3.05, 3.63) is 46.4 Å². The topological polar surface area (TPSA) is 64.9 Å². The Balaban J connectivity index is 2.17. The molecule has 0 spiro atoms. The maximum atomic E-state index is 14.8.